The van der Waals surface area contributed by atoms with Crippen molar-refractivity contribution in [2.75, 3.05) is 6.61 Å². The van der Waals surface area contributed by atoms with Crippen LogP contribution in [-0.2, 0) is 24.3 Å². The average Bonchev–Trinajstić information content (AvgIpc) is 2.48. The van der Waals surface area contributed by atoms with Crippen molar-refractivity contribution in [1.82, 2.24) is 0 Å². The van der Waals surface area contributed by atoms with Crippen molar-refractivity contribution in [3.05, 3.63) is 71.3 Å². The highest BCUT2D eigenvalue weighted by atomic mass is 16.5. The summed E-state index contributed by atoms with van der Waals surface area (Å²) in [6.07, 6.45) is 2.13. The van der Waals surface area contributed by atoms with Gasteiger partial charge in [0.1, 0.15) is 0 Å². The molecule has 0 amide bonds. The lowest BCUT2D eigenvalue weighted by Gasteiger charge is -2.06. The molecule has 0 aromatic heterocycles. The maximum absolute atomic E-state index is 5.70. The van der Waals surface area contributed by atoms with E-state index in [1.807, 2.05) is 18.2 Å². The Balaban J connectivity index is 1.66. The van der Waals surface area contributed by atoms with E-state index in [2.05, 4.69) is 36.4 Å². The Hall–Kier alpha value is -1.64. The standard InChI is InChI=1S/C17H21NO/c18-13-16-8-4-9-17(12-16)14-19-11-5-10-15-6-2-1-3-7-15/h1-4,6-9,12H,5,10-11,13-14,18H2. The fourth-order valence-electron chi connectivity index (χ4n) is 2.06. The van der Waals surface area contributed by atoms with Crippen molar-refractivity contribution in [3.63, 3.8) is 0 Å². The maximum Gasteiger partial charge on any atom is 0.0716 e. The Labute approximate surface area is 115 Å². The van der Waals surface area contributed by atoms with Crippen molar-refractivity contribution in [2.45, 2.75) is 26.0 Å². The van der Waals surface area contributed by atoms with Crippen LogP contribution in [0.5, 0.6) is 0 Å². The van der Waals surface area contributed by atoms with Crippen LogP contribution < -0.4 is 5.73 Å². The van der Waals surface area contributed by atoms with E-state index in [0.29, 0.717) is 13.2 Å². The van der Waals surface area contributed by atoms with Crippen LogP contribution in [0.1, 0.15) is 23.1 Å². The van der Waals surface area contributed by atoms with Gasteiger partial charge in [-0.3, -0.25) is 0 Å². The zero-order chi connectivity index (χ0) is 13.3. The van der Waals surface area contributed by atoms with E-state index in [-0.39, 0.29) is 0 Å². The first-order valence-corrected chi connectivity index (χ1v) is 6.78. The molecule has 0 aliphatic rings. The minimum atomic E-state index is 0.585. The largest absolute Gasteiger partial charge is 0.377 e. The highest BCUT2D eigenvalue weighted by Gasteiger charge is 1.96. The zero-order valence-corrected chi connectivity index (χ0v) is 11.2. The molecule has 2 aromatic rings. The molecule has 0 radical (unpaired) electrons. The molecule has 0 heterocycles. The molecule has 2 N–H and O–H groups in total. The quantitative estimate of drug-likeness (QED) is 0.770. The molecule has 0 atom stereocenters. The lowest BCUT2D eigenvalue weighted by molar-refractivity contribution is 0.118. The predicted octanol–water partition coefficient (Wildman–Crippen LogP) is 3.29. The summed E-state index contributed by atoms with van der Waals surface area (Å²) < 4.78 is 5.70. The first-order chi connectivity index (χ1) is 9.38. The van der Waals surface area contributed by atoms with Gasteiger partial charge in [0.25, 0.3) is 0 Å². The average molecular weight is 255 g/mol. The summed E-state index contributed by atoms with van der Waals surface area (Å²) in [6, 6.07) is 18.8. The Morgan fingerprint density at radius 1 is 0.842 bits per heavy atom. The molecule has 2 aromatic carbocycles. The summed E-state index contributed by atoms with van der Waals surface area (Å²) in [5.41, 5.74) is 9.34. The van der Waals surface area contributed by atoms with Crippen LogP contribution in [0.2, 0.25) is 0 Å². The SMILES string of the molecule is NCc1cccc(COCCCc2ccccc2)c1. The second-order valence-corrected chi connectivity index (χ2v) is 4.67. The van der Waals surface area contributed by atoms with Crippen molar-refractivity contribution < 1.29 is 4.74 Å². The summed E-state index contributed by atoms with van der Waals surface area (Å²) in [6.45, 7) is 2.05. The van der Waals surface area contributed by atoms with Gasteiger partial charge < -0.3 is 10.5 Å². The molecular weight excluding hydrogens is 234 g/mol. The molecule has 0 saturated heterocycles. The molecule has 2 heteroatoms. The van der Waals surface area contributed by atoms with E-state index >= 15 is 0 Å². The van der Waals surface area contributed by atoms with E-state index in [9.17, 15) is 0 Å². The monoisotopic (exact) mass is 255 g/mol. The summed E-state index contributed by atoms with van der Waals surface area (Å²) >= 11 is 0. The summed E-state index contributed by atoms with van der Waals surface area (Å²) in [7, 11) is 0. The van der Waals surface area contributed by atoms with E-state index < -0.39 is 0 Å². The van der Waals surface area contributed by atoms with Gasteiger partial charge in [0.05, 0.1) is 6.61 Å². The lowest BCUT2D eigenvalue weighted by Crippen LogP contribution is -2.00. The van der Waals surface area contributed by atoms with Crippen molar-refractivity contribution in [3.8, 4) is 0 Å². The number of hydrogen-bond donors (Lipinski definition) is 1. The number of aryl methyl sites for hydroxylation is 1. The Bertz CT molecular complexity index is 482. The third-order valence-electron chi connectivity index (χ3n) is 3.09. The van der Waals surface area contributed by atoms with Gasteiger partial charge in [0.15, 0.2) is 0 Å². The lowest BCUT2D eigenvalue weighted by atomic mass is 10.1. The van der Waals surface area contributed by atoms with Gasteiger partial charge in [0, 0.05) is 13.2 Å². The van der Waals surface area contributed by atoms with Crippen molar-refractivity contribution >= 4 is 0 Å². The van der Waals surface area contributed by atoms with Crippen LogP contribution in [0, 0.1) is 0 Å². The molecular formula is C17H21NO. The van der Waals surface area contributed by atoms with Crippen LogP contribution in [0.3, 0.4) is 0 Å². The predicted molar refractivity (Wildman–Crippen MR) is 78.8 cm³/mol. The second kappa shape index (κ2) is 7.72. The van der Waals surface area contributed by atoms with Gasteiger partial charge in [-0.05, 0) is 29.5 Å². The highest BCUT2D eigenvalue weighted by molar-refractivity contribution is 5.22. The zero-order valence-electron chi connectivity index (χ0n) is 11.2. The molecule has 19 heavy (non-hydrogen) atoms. The summed E-state index contributed by atoms with van der Waals surface area (Å²) in [5, 5.41) is 0. The van der Waals surface area contributed by atoms with Gasteiger partial charge in [-0.15, -0.1) is 0 Å². The molecule has 0 unspecified atom stereocenters. The second-order valence-electron chi connectivity index (χ2n) is 4.67. The minimum absolute atomic E-state index is 0.585. The van der Waals surface area contributed by atoms with E-state index in [4.69, 9.17) is 10.5 Å². The van der Waals surface area contributed by atoms with Crippen LogP contribution in [-0.4, -0.2) is 6.61 Å². The van der Waals surface area contributed by atoms with Gasteiger partial charge in [-0.25, -0.2) is 0 Å². The van der Waals surface area contributed by atoms with Crippen LogP contribution >= 0.6 is 0 Å². The third kappa shape index (κ3) is 4.86. The summed E-state index contributed by atoms with van der Waals surface area (Å²) in [4.78, 5) is 0. The van der Waals surface area contributed by atoms with E-state index in [0.717, 1.165) is 25.0 Å². The molecule has 2 rings (SSSR count). The molecule has 2 nitrogen and oxygen atoms in total. The first-order valence-electron chi connectivity index (χ1n) is 6.78. The van der Waals surface area contributed by atoms with E-state index in [1.165, 1.54) is 11.1 Å². The van der Waals surface area contributed by atoms with Gasteiger partial charge in [-0.2, -0.15) is 0 Å². The fourth-order valence-corrected chi connectivity index (χ4v) is 2.06. The number of rotatable bonds is 7. The van der Waals surface area contributed by atoms with Crippen LogP contribution in [0.25, 0.3) is 0 Å². The molecule has 100 valence electrons. The van der Waals surface area contributed by atoms with Crippen molar-refractivity contribution in [2.24, 2.45) is 5.73 Å². The molecule has 0 spiro atoms. The number of ether oxygens (including phenoxy) is 1. The maximum atomic E-state index is 5.70. The minimum Gasteiger partial charge on any atom is -0.377 e. The first kappa shape index (κ1) is 13.8. The van der Waals surface area contributed by atoms with Gasteiger partial charge in [0.2, 0.25) is 0 Å². The third-order valence-corrected chi connectivity index (χ3v) is 3.09. The van der Waals surface area contributed by atoms with Gasteiger partial charge in [-0.1, -0.05) is 54.6 Å². The van der Waals surface area contributed by atoms with Gasteiger partial charge >= 0.3 is 0 Å². The smallest absolute Gasteiger partial charge is 0.0716 e. The highest BCUT2D eigenvalue weighted by Crippen LogP contribution is 2.07. The topological polar surface area (TPSA) is 35.2 Å². The Morgan fingerprint density at radius 2 is 1.58 bits per heavy atom. The van der Waals surface area contributed by atoms with E-state index in [1.54, 1.807) is 0 Å². The Kier molecular flexibility index (Phi) is 5.60. The Morgan fingerprint density at radius 3 is 2.37 bits per heavy atom. The molecule has 0 aliphatic heterocycles. The normalized spacial score (nSPS) is 10.6. The van der Waals surface area contributed by atoms with Crippen LogP contribution in [0.4, 0.5) is 0 Å². The summed E-state index contributed by atoms with van der Waals surface area (Å²) in [5.74, 6) is 0. The van der Waals surface area contributed by atoms with Crippen LogP contribution in [0.15, 0.2) is 54.6 Å². The molecule has 0 fully saturated rings. The fraction of sp³-hybridized carbons (Fsp3) is 0.294. The molecule has 0 bridgehead atoms. The number of nitrogens with two attached hydrogens (primary N) is 1. The molecule has 0 aliphatic carbocycles. The van der Waals surface area contributed by atoms with Crippen molar-refractivity contribution in [1.29, 1.82) is 0 Å². The number of hydrogen-bond acceptors (Lipinski definition) is 2. The number of benzene rings is 2. The molecule has 0 saturated carbocycles.